The zero-order chi connectivity index (χ0) is 22.6. The Kier molecular flexibility index (Phi) is 7.72. The van der Waals surface area contributed by atoms with Gasteiger partial charge in [0.25, 0.3) is 0 Å². The molecule has 164 valence electrons. The molecule has 0 heterocycles. The normalized spacial score (nSPS) is 11.8. The molecule has 0 unspecified atom stereocenters. The summed E-state index contributed by atoms with van der Waals surface area (Å²) in [6.07, 6.45) is 3.12. The molecule has 2 aromatic carbocycles. The number of unbranched alkanes of at least 4 members (excludes halogenated alkanes) is 2. The van der Waals surface area contributed by atoms with Crippen molar-refractivity contribution >= 4 is 15.6 Å². The Morgan fingerprint density at radius 3 is 2.40 bits per heavy atom. The van der Waals surface area contributed by atoms with Gasteiger partial charge in [0.1, 0.15) is 16.4 Å². The molecule has 0 fully saturated rings. The maximum Gasteiger partial charge on any atom is 0.244 e. The van der Waals surface area contributed by atoms with E-state index in [-0.39, 0.29) is 22.3 Å². The molecule has 3 N–H and O–H groups in total. The van der Waals surface area contributed by atoms with Gasteiger partial charge in [-0.15, -0.1) is 0 Å². The molecule has 2 rings (SSSR count). The van der Waals surface area contributed by atoms with Gasteiger partial charge in [-0.3, -0.25) is 0 Å². The Hall–Kier alpha value is -2.31. The molecule has 0 saturated carbocycles. The number of nitrogens with one attached hydrogen (secondary N) is 1. The van der Waals surface area contributed by atoms with Crippen molar-refractivity contribution in [3.63, 3.8) is 0 Å². The third-order valence-corrected chi connectivity index (χ3v) is 6.70. The third kappa shape index (κ3) is 5.24. The zero-order valence-corrected chi connectivity index (χ0v) is 19.4. The number of aryl methyl sites for hydroxylation is 2. The highest BCUT2D eigenvalue weighted by atomic mass is 32.2. The maximum atomic E-state index is 13.1. The Balaban J connectivity index is 2.84. The van der Waals surface area contributed by atoms with Crippen LogP contribution < -0.4 is 4.72 Å². The van der Waals surface area contributed by atoms with Crippen LogP contribution in [0.2, 0.25) is 0 Å². The van der Waals surface area contributed by atoms with Crippen LogP contribution in [0.4, 0.5) is 0 Å². The standard InChI is InChI=1S/C24H33NO4S/c1-7-8-9-10-18-14-21(26)22(20-13-17(6)11-12-19(20)15(2)3)23(27)24(18)30(28,29)25-16(4)5/h11-14,16,25-27H,2,7-10H2,1,3-6H3. The van der Waals surface area contributed by atoms with E-state index in [1.807, 2.05) is 32.0 Å². The lowest BCUT2D eigenvalue weighted by Gasteiger charge is -2.20. The number of phenolic OH excluding ortho intramolecular Hbond substituents is 2. The van der Waals surface area contributed by atoms with Crippen molar-refractivity contribution in [2.45, 2.75) is 71.2 Å². The molecule has 0 aliphatic carbocycles. The fourth-order valence-corrected chi connectivity index (χ4v) is 5.21. The first-order valence-corrected chi connectivity index (χ1v) is 11.8. The van der Waals surface area contributed by atoms with Gasteiger partial charge in [-0.25, -0.2) is 13.1 Å². The van der Waals surface area contributed by atoms with E-state index in [1.165, 1.54) is 6.07 Å². The van der Waals surface area contributed by atoms with Crippen LogP contribution in [0.3, 0.4) is 0 Å². The van der Waals surface area contributed by atoms with E-state index in [0.717, 1.165) is 36.0 Å². The van der Waals surface area contributed by atoms with Crippen LogP contribution in [0.5, 0.6) is 11.5 Å². The molecule has 30 heavy (non-hydrogen) atoms. The average molecular weight is 432 g/mol. The number of allylic oxidation sites excluding steroid dienone is 1. The molecule has 2 aromatic rings. The van der Waals surface area contributed by atoms with E-state index in [9.17, 15) is 18.6 Å². The Labute approximate surface area is 180 Å². The highest BCUT2D eigenvalue weighted by Gasteiger charge is 2.29. The van der Waals surface area contributed by atoms with Gasteiger partial charge < -0.3 is 10.2 Å². The molecule has 0 aliphatic rings. The summed E-state index contributed by atoms with van der Waals surface area (Å²) in [6.45, 7) is 13.2. The van der Waals surface area contributed by atoms with E-state index in [4.69, 9.17) is 0 Å². The van der Waals surface area contributed by atoms with Crippen molar-refractivity contribution in [2.75, 3.05) is 0 Å². The van der Waals surface area contributed by atoms with Gasteiger partial charge in [0.15, 0.2) is 0 Å². The predicted octanol–water partition coefficient (Wildman–Crippen LogP) is 5.53. The summed E-state index contributed by atoms with van der Waals surface area (Å²) >= 11 is 0. The minimum absolute atomic E-state index is 0.111. The lowest BCUT2D eigenvalue weighted by molar-refractivity contribution is 0.439. The summed E-state index contributed by atoms with van der Waals surface area (Å²) < 4.78 is 28.8. The summed E-state index contributed by atoms with van der Waals surface area (Å²) in [5, 5.41) is 22.0. The molecular weight excluding hydrogens is 398 g/mol. The molecule has 0 aliphatic heterocycles. The van der Waals surface area contributed by atoms with E-state index >= 15 is 0 Å². The average Bonchev–Trinajstić information content (AvgIpc) is 2.60. The van der Waals surface area contributed by atoms with Gasteiger partial charge in [0.2, 0.25) is 10.0 Å². The van der Waals surface area contributed by atoms with E-state index in [2.05, 4.69) is 18.2 Å². The predicted molar refractivity (Wildman–Crippen MR) is 123 cm³/mol. The van der Waals surface area contributed by atoms with E-state index in [0.29, 0.717) is 17.5 Å². The molecule has 0 spiro atoms. The van der Waals surface area contributed by atoms with Gasteiger partial charge in [-0.05, 0) is 63.3 Å². The van der Waals surface area contributed by atoms with Gasteiger partial charge in [0.05, 0.1) is 5.56 Å². The van der Waals surface area contributed by atoms with E-state index < -0.39 is 15.8 Å². The first kappa shape index (κ1) is 24.0. The van der Waals surface area contributed by atoms with Crippen LogP contribution in [-0.2, 0) is 16.4 Å². The van der Waals surface area contributed by atoms with Crippen molar-refractivity contribution in [1.82, 2.24) is 4.72 Å². The molecular formula is C24H33NO4S. The Morgan fingerprint density at radius 2 is 1.83 bits per heavy atom. The fourth-order valence-electron chi connectivity index (χ4n) is 3.61. The lowest BCUT2D eigenvalue weighted by atomic mass is 9.91. The SMILES string of the molecule is C=C(C)c1ccc(C)cc1-c1c(O)cc(CCCCC)c(S(=O)(=O)NC(C)C)c1O. The number of hydrogen-bond donors (Lipinski definition) is 3. The monoisotopic (exact) mass is 431 g/mol. The van der Waals surface area contributed by atoms with E-state index in [1.54, 1.807) is 13.8 Å². The fraction of sp³-hybridized carbons (Fsp3) is 0.417. The molecule has 5 nitrogen and oxygen atoms in total. The van der Waals surface area contributed by atoms with Gasteiger partial charge in [-0.1, -0.05) is 55.7 Å². The minimum atomic E-state index is -3.98. The Morgan fingerprint density at radius 1 is 1.17 bits per heavy atom. The van der Waals surface area contributed by atoms with Crippen LogP contribution in [0, 0.1) is 6.92 Å². The van der Waals surface area contributed by atoms with Gasteiger partial charge in [-0.2, -0.15) is 0 Å². The van der Waals surface area contributed by atoms with Crippen molar-refractivity contribution in [3.8, 4) is 22.6 Å². The van der Waals surface area contributed by atoms with Crippen molar-refractivity contribution < 1.29 is 18.6 Å². The number of sulfonamides is 1. The van der Waals surface area contributed by atoms with Gasteiger partial charge in [0, 0.05) is 6.04 Å². The molecule has 6 heteroatoms. The third-order valence-electron chi connectivity index (χ3n) is 4.92. The number of rotatable bonds is 9. The second-order valence-electron chi connectivity index (χ2n) is 8.17. The molecule has 0 aromatic heterocycles. The van der Waals surface area contributed by atoms with Crippen LogP contribution in [0.25, 0.3) is 16.7 Å². The lowest BCUT2D eigenvalue weighted by Crippen LogP contribution is -2.31. The van der Waals surface area contributed by atoms with Gasteiger partial charge >= 0.3 is 0 Å². The van der Waals surface area contributed by atoms with Crippen LogP contribution in [-0.4, -0.2) is 24.7 Å². The van der Waals surface area contributed by atoms with Crippen LogP contribution in [0.15, 0.2) is 35.7 Å². The van der Waals surface area contributed by atoms with Crippen LogP contribution >= 0.6 is 0 Å². The summed E-state index contributed by atoms with van der Waals surface area (Å²) in [7, 11) is -3.98. The summed E-state index contributed by atoms with van der Waals surface area (Å²) in [5.41, 5.74) is 3.50. The largest absolute Gasteiger partial charge is 0.507 e. The first-order chi connectivity index (χ1) is 14.0. The highest BCUT2D eigenvalue weighted by molar-refractivity contribution is 7.89. The highest BCUT2D eigenvalue weighted by Crippen LogP contribution is 2.46. The number of aromatic hydroxyl groups is 2. The summed E-state index contributed by atoms with van der Waals surface area (Å²) in [4.78, 5) is -0.158. The molecule has 0 amide bonds. The number of benzene rings is 2. The maximum absolute atomic E-state index is 13.1. The second-order valence-corrected chi connectivity index (χ2v) is 9.82. The topological polar surface area (TPSA) is 86.6 Å². The van der Waals surface area contributed by atoms with Crippen LogP contribution in [0.1, 0.15) is 63.6 Å². The number of hydrogen-bond acceptors (Lipinski definition) is 4. The smallest absolute Gasteiger partial charge is 0.244 e. The van der Waals surface area contributed by atoms with Crippen molar-refractivity contribution in [3.05, 3.63) is 47.5 Å². The second kappa shape index (κ2) is 9.67. The first-order valence-electron chi connectivity index (χ1n) is 10.4. The molecule has 0 atom stereocenters. The quantitative estimate of drug-likeness (QED) is 0.456. The molecule has 0 radical (unpaired) electrons. The number of phenols is 2. The van der Waals surface area contributed by atoms with Crippen molar-refractivity contribution in [2.24, 2.45) is 0 Å². The molecule has 0 bridgehead atoms. The zero-order valence-electron chi connectivity index (χ0n) is 18.5. The summed E-state index contributed by atoms with van der Waals surface area (Å²) in [5.74, 6) is -0.571. The van der Waals surface area contributed by atoms with Crippen molar-refractivity contribution in [1.29, 1.82) is 0 Å². The minimum Gasteiger partial charge on any atom is -0.507 e. The Bertz CT molecular complexity index is 1040. The molecule has 0 saturated heterocycles. The summed E-state index contributed by atoms with van der Waals surface area (Å²) in [6, 6.07) is 6.74.